The SMILES string of the molecule is COc1ccc(OC)c(C(=O)N[C@]2(C#N)CCc3ccccc3C2)c1. The molecule has 25 heavy (non-hydrogen) atoms. The van der Waals surface area contributed by atoms with Gasteiger partial charge in [0.15, 0.2) is 0 Å². The van der Waals surface area contributed by atoms with Crippen LogP contribution in [0.4, 0.5) is 0 Å². The second-order valence-electron chi connectivity index (χ2n) is 6.16. The van der Waals surface area contributed by atoms with Crippen molar-refractivity contribution in [1.82, 2.24) is 5.32 Å². The van der Waals surface area contributed by atoms with Gasteiger partial charge in [-0.05, 0) is 42.2 Å². The van der Waals surface area contributed by atoms with Gasteiger partial charge in [-0.3, -0.25) is 4.79 Å². The highest BCUT2D eigenvalue weighted by Gasteiger charge is 2.36. The first-order valence-electron chi connectivity index (χ1n) is 8.13. The number of carbonyl (C=O) groups is 1. The number of hydrogen-bond donors (Lipinski definition) is 1. The lowest BCUT2D eigenvalue weighted by molar-refractivity contribution is 0.0910. The van der Waals surface area contributed by atoms with E-state index in [4.69, 9.17) is 9.47 Å². The topological polar surface area (TPSA) is 71.3 Å². The number of fused-ring (bicyclic) bond motifs is 1. The molecule has 0 aliphatic heterocycles. The van der Waals surface area contributed by atoms with E-state index in [0.717, 1.165) is 12.0 Å². The van der Waals surface area contributed by atoms with E-state index in [2.05, 4.69) is 17.5 Å². The van der Waals surface area contributed by atoms with Crippen LogP contribution in [0.3, 0.4) is 0 Å². The zero-order chi connectivity index (χ0) is 17.9. The van der Waals surface area contributed by atoms with E-state index >= 15 is 0 Å². The highest BCUT2D eigenvalue weighted by molar-refractivity contribution is 5.98. The summed E-state index contributed by atoms with van der Waals surface area (Å²) in [6.07, 6.45) is 1.84. The largest absolute Gasteiger partial charge is 0.497 e. The number of benzene rings is 2. The van der Waals surface area contributed by atoms with Crippen molar-refractivity contribution < 1.29 is 14.3 Å². The van der Waals surface area contributed by atoms with E-state index in [-0.39, 0.29) is 5.91 Å². The summed E-state index contributed by atoms with van der Waals surface area (Å²) >= 11 is 0. The molecule has 128 valence electrons. The summed E-state index contributed by atoms with van der Waals surface area (Å²) in [6, 6.07) is 15.4. The molecule has 1 aliphatic rings. The van der Waals surface area contributed by atoms with Gasteiger partial charge in [0.05, 0.1) is 25.9 Å². The highest BCUT2D eigenvalue weighted by Crippen LogP contribution is 2.30. The van der Waals surface area contributed by atoms with Gasteiger partial charge in [-0.1, -0.05) is 24.3 Å². The van der Waals surface area contributed by atoms with Crippen molar-refractivity contribution in [2.45, 2.75) is 24.8 Å². The molecule has 1 N–H and O–H groups in total. The smallest absolute Gasteiger partial charge is 0.256 e. The van der Waals surface area contributed by atoms with Gasteiger partial charge in [-0.25, -0.2) is 0 Å². The first-order chi connectivity index (χ1) is 12.1. The van der Waals surface area contributed by atoms with Crippen molar-refractivity contribution in [3.63, 3.8) is 0 Å². The molecule has 3 rings (SSSR count). The molecule has 1 amide bonds. The Labute approximate surface area is 147 Å². The minimum absolute atomic E-state index is 0.336. The summed E-state index contributed by atoms with van der Waals surface area (Å²) in [5, 5.41) is 12.7. The third-order valence-corrected chi connectivity index (χ3v) is 4.65. The van der Waals surface area contributed by atoms with E-state index in [1.54, 1.807) is 25.3 Å². The number of nitrogens with zero attached hydrogens (tertiary/aromatic N) is 1. The van der Waals surface area contributed by atoms with Crippen LogP contribution in [0.15, 0.2) is 42.5 Å². The summed E-state index contributed by atoms with van der Waals surface area (Å²) in [4.78, 5) is 12.8. The average molecular weight is 336 g/mol. The lowest BCUT2D eigenvalue weighted by Crippen LogP contribution is -2.51. The Morgan fingerprint density at radius 2 is 1.92 bits per heavy atom. The molecule has 1 atom stereocenters. The maximum Gasteiger partial charge on any atom is 0.256 e. The number of methoxy groups -OCH3 is 2. The summed E-state index contributed by atoms with van der Waals surface area (Å²) in [7, 11) is 3.05. The van der Waals surface area contributed by atoms with Gasteiger partial charge in [0, 0.05) is 6.42 Å². The van der Waals surface area contributed by atoms with Gasteiger partial charge in [0.1, 0.15) is 17.0 Å². The molecule has 0 aromatic heterocycles. The predicted octanol–water partition coefficient (Wildman–Crippen LogP) is 2.88. The third kappa shape index (κ3) is 3.29. The molecular weight excluding hydrogens is 316 g/mol. The van der Waals surface area contributed by atoms with Crippen LogP contribution >= 0.6 is 0 Å². The molecule has 5 heteroatoms. The molecule has 0 saturated heterocycles. The van der Waals surface area contributed by atoms with Crippen LogP contribution < -0.4 is 14.8 Å². The second-order valence-corrected chi connectivity index (χ2v) is 6.16. The molecule has 0 unspecified atom stereocenters. The molecular formula is C20H20N2O3. The number of hydrogen-bond acceptors (Lipinski definition) is 4. The number of aryl methyl sites for hydroxylation is 1. The van der Waals surface area contributed by atoms with Crippen molar-refractivity contribution in [2.24, 2.45) is 0 Å². The molecule has 0 saturated carbocycles. The van der Waals surface area contributed by atoms with Crippen molar-refractivity contribution in [3.05, 3.63) is 59.2 Å². The number of ether oxygens (including phenoxy) is 2. The van der Waals surface area contributed by atoms with Crippen LogP contribution in [0.5, 0.6) is 11.5 Å². The fourth-order valence-electron chi connectivity index (χ4n) is 3.24. The minimum atomic E-state index is -0.917. The molecule has 0 fully saturated rings. The van der Waals surface area contributed by atoms with Crippen LogP contribution in [-0.2, 0) is 12.8 Å². The zero-order valence-corrected chi connectivity index (χ0v) is 14.3. The third-order valence-electron chi connectivity index (χ3n) is 4.65. The number of carbonyl (C=O) groups excluding carboxylic acids is 1. The van der Waals surface area contributed by atoms with Gasteiger partial charge < -0.3 is 14.8 Å². The Kier molecular flexibility index (Phi) is 4.62. The normalized spacial score (nSPS) is 18.6. The van der Waals surface area contributed by atoms with E-state index in [1.165, 1.54) is 12.7 Å². The summed E-state index contributed by atoms with van der Waals surface area (Å²) in [5.74, 6) is 0.672. The summed E-state index contributed by atoms with van der Waals surface area (Å²) in [6.45, 7) is 0. The Bertz CT molecular complexity index is 841. The van der Waals surface area contributed by atoms with Crippen molar-refractivity contribution >= 4 is 5.91 Å². The van der Waals surface area contributed by atoms with Crippen molar-refractivity contribution in [3.8, 4) is 17.6 Å². The number of nitriles is 1. The Balaban J connectivity index is 1.88. The number of rotatable bonds is 4. The lowest BCUT2D eigenvalue weighted by atomic mass is 9.78. The maximum atomic E-state index is 12.8. The van der Waals surface area contributed by atoms with Crippen LogP contribution in [0, 0.1) is 11.3 Å². The van der Waals surface area contributed by atoms with Gasteiger partial charge in [0.25, 0.3) is 5.91 Å². The maximum absolute atomic E-state index is 12.8. The predicted molar refractivity (Wildman–Crippen MR) is 93.8 cm³/mol. The number of nitrogens with one attached hydrogen (secondary N) is 1. The summed E-state index contributed by atoms with van der Waals surface area (Å²) < 4.78 is 10.5. The van der Waals surface area contributed by atoms with Gasteiger partial charge in [-0.2, -0.15) is 5.26 Å². The molecule has 2 aromatic carbocycles. The Morgan fingerprint density at radius 1 is 1.16 bits per heavy atom. The molecule has 1 aliphatic carbocycles. The molecule has 0 heterocycles. The first-order valence-corrected chi connectivity index (χ1v) is 8.13. The quantitative estimate of drug-likeness (QED) is 0.932. The average Bonchev–Trinajstić information content (AvgIpc) is 2.67. The van der Waals surface area contributed by atoms with E-state index in [1.807, 2.05) is 18.2 Å². The fourth-order valence-corrected chi connectivity index (χ4v) is 3.24. The molecule has 0 radical (unpaired) electrons. The van der Waals surface area contributed by atoms with Crippen LogP contribution in [-0.4, -0.2) is 25.7 Å². The van der Waals surface area contributed by atoms with E-state index in [9.17, 15) is 10.1 Å². The lowest BCUT2D eigenvalue weighted by Gasteiger charge is -2.33. The Hall–Kier alpha value is -3.00. The molecule has 0 spiro atoms. The fraction of sp³-hybridized carbons (Fsp3) is 0.300. The monoisotopic (exact) mass is 336 g/mol. The van der Waals surface area contributed by atoms with Gasteiger partial charge in [0.2, 0.25) is 0 Å². The standard InChI is InChI=1S/C20H20N2O3/c1-24-16-7-8-18(25-2)17(11-16)19(23)22-20(13-21)10-9-14-5-3-4-6-15(14)12-20/h3-8,11H,9-10,12H2,1-2H3,(H,22,23)/t20-/m1/s1. The van der Waals surface area contributed by atoms with Gasteiger partial charge >= 0.3 is 0 Å². The molecule has 0 bridgehead atoms. The zero-order valence-electron chi connectivity index (χ0n) is 14.3. The van der Waals surface area contributed by atoms with Gasteiger partial charge in [-0.15, -0.1) is 0 Å². The molecule has 2 aromatic rings. The van der Waals surface area contributed by atoms with E-state index < -0.39 is 5.54 Å². The minimum Gasteiger partial charge on any atom is -0.497 e. The first kappa shape index (κ1) is 16.8. The van der Waals surface area contributed by atoms with Crippen LogP contribution in [0.1, 0.15) is 27.9 Å². The second kappa shape index (κ2) is 6.86. The summed E-state index contributed by atoms with van der Waals surface area (Å²) in [5.41, 5.74) is 1.78. The molecule has 5 nitrogen and oxygen atoms in total. The van der Waals surface area contributed by atoms with Crippen LogP contribution in [0.2, 0.25) is 0 Å². The Morgan fingerprint density at radius 3 is 2.60 bits per heavy atom. The number of amides is 1. The highest BCUT2D eigenvalue weighted by atomic mass is 16.5. The van der Waals surface area contributed by atoms with Crippen molar-refractivity contribution in [1.29, 1.82) is 5.26 Å². The van der Waals surface area contributed by atoms with Crippen LogP contribution in [0.25, 0.3) is 0 Å². The van der Waals surface area contributed by atoms with Crippen molar-refractivity contribution in [2.75, 3.05) is 14.2 Å². The van der Waals surface area contributed by atoms with E-state index in [0.29, 0.717) is 29.9 Å².